The number of nitrogens with zero attached hydrogens (tertiary/aromatic N) is 1. The molecular formula is C23H30FN3OS2. The van der Waals surface area contributed by atoms with E-state index >= 15 is 0 Å². The third-order valence-electron chi connectivity index (χ3n) is 5.28. The Bertz CT molecular complexity index is 999. The lowest BCUT2D eigenvalue weighted by atomic mass is 10.1. The van der Waals surface area contributed by atoms with Gasteiger partial charge >= 0.3 is 0 Å². The number of hydrogen-bond donors (Lipinski definition) is 2. The van der Waals surface area contributed by atoms with Crippen LogP contribution >= 0.6 is 23.7 Å². The lowest BCUT2D eigenvalue weighted by molar-refractivity contribution is 0.630. The first-order chi connectivity index (χ1) is 14.4. The normalized spacial score (nSPS) is 15.6. The molecule has 0 bridgehead atoms. The van der Waals surface area contributed by atoms with Crippen LogP contribution < -0.4 is 15.6 Å². The SMILES string of the molecule is C=CCC1(SNc2c(Nc3ccc(C)cc3F)c(C)c(=O)n3c2SCC3)CC1.CC. The molecule has 0 saturated heterocycles. The first kappa shape index (κ1) is 22.8. The molecule has 1 saturated carbocycles. The number of aryl methyl sites for hydroxylation is 1. The third-order valence-corrected chi connectivity index (χ3v) is 7.68. The molecule has 0 radical (unpaired) electrons. The van der Waals surface area contributed by atoms with Crippen molar-refractivity contribution < 1.29 is 4.39 Å². The Morgan fingerprint density at radius 3 is 2.67 bits per heavy atom. The maximum absolute atomic E-state index is 14.5. The van der Waals surface area contributed by atoms with Gasteiger partial charge in [0.15, 0.2) is 0 Å². The van der Waals surface area contributed by atoms with Gasteiger partial charge in [0.1, 0.15) is 10.8 Å². The van der Waals surface area contributed by atoms with E-state index in [4.69, 9.17) is 0 Å². The van der Waals surface area contributed by atoms with Crippen LogP contribution in [0.25, 0.3) is 0 Å². The number of allylic oxidation sites excluding steroid dienone is 1. The van der Waals surface area contributed by atoms with Gasteiger partial charge in [-0.3, -0.25) is 4.79 Å². The van der Waals surface area contributed by atoms with Crippen molar-refractivity contribution in [2.24, 2.45) is 0 Å². The molecule has 0 amide bonds. The first-order valence-electron chi connectivity index (χ1n) is 10.4. The van der Waals surface area contributed by atoms with Gasteiger partial charge in [-0.25, -0.2) is 4.39 Å². The highest BCUT2D eigenvalue weighted by Crippen LogP contribution is 2.53. The van der Waals surface area contributed by atoms with Crippen molar-refractivity contribution >= 4 is 40.8 Å². The van der Waals surface area contributed by atoms with E-state index in [0.29, 0.717) is 23.5 Å². The number of aromatic nitrogens is 1. The van der Waals surface area contributed by atoms with E-state index in [2.05, 4.69) is 16.6 Å². The van der Waals surface area contributed by atoms with Crippen LogP contribution in [-0.4, -0.2) is 15.1 Å². The van der Waals surface area contributed by atoms with Gasteiger partial charge in [-0.05, 0) is 62.8 Å². The number of rotatable bonds is 7. The standard InChI is InChI=1S/C21H24FN3OS2.C2H6/c1-4-7-21(8-9-21)28-24-18-17(23-16-6-5-13(2)12-15(16)22)14(3)19(26)25-10-11-27-20(18)25;1-2/h4-6,12,23-24H,1,7-11H2,2-3H3;1-2H3. The maximum atomic E-state index is 14.5. The topological polar surface area (TPSA) is 46.1 Å². The molecule has 2 heterocycles. The summed E-state index contributed by atoms with van der Waals surface area (Å²) >= 11 is 3.36. The number of hydrogen-bond acceptors (Lipinski definition) is 5. The van der Waals surface area contributed by atoms with Crippen LogP contribution in [0.5, 0.6) is 0 Å². The van der Waals surface area contributed by atoms with Crippen molar-refractivity contribution in [3.8, 4) is 0 Å². The van der Waals surface area contributed by atoms with Crippen LogP contribution in [0.3, 0.4) is 0 Å². The second-order valence-corrected chi connectivity index (χ2v) is 9.83. The monoisotopic (exact) mass is 447 g/mol. The van der Waals surface area contributed by atoms with Crippen molar-refractivity contribution in [1.29, 1.82) is 0 Å². The Morgan fingerprint density at radius 2 is 2.03 bits per heavy atom. The number of fused-ring (bicyclic) bond motifs is 1. The number of thioether (sulfide) groups is 1. The van der Waals surface area contributed by atoms with Crippen molar-refractivity contribution in [2.45, 2.75) is 63.3 Å². The highest BCUT2D eigenvalue weighted by Gasteiger charge is 2.43. The number of benzene rings is 1. The molecule has 2 N–H and O–H groups in total. The van der Waals surface area contributed by atoms with E-state index in [1.54, 1.807) is 36.7 Å². The summed E-state index contributed by atoms with van der Waals surface area (Å²) in [5, 5.41) is 4.12. The van der Waals surface area contributed by atoms with Gasteiger partial charge in [0.25, 0.3) is 5.56 Å². The highest BCUT2D eigenvalue weighted by atomic mass is 32.2. The Kier molecular flexibility index (Phi) is 7.24. The van der Waals surface area contributed by atoms with Crippen LogP contribution in [0.4, 0.5) is 21.5 Å². The molecule has 2 aromatic rings. The minimum atomic E-state index is -0.323. The summed E-state index contributed by atoms with van der Waals surface area (Å²) in [5.74, 6) is 0.547. The highest BCUT2D eigenvalue weighted by molar-refractivity contribution is 8.02. The van der Waals surface area contributed by atoms with Crippen molar-refractivity contribution in [3.63, 3.8) is 0 Å². The quantitative estimate of drug-likeness (QED) is 0.368. The van der Waals surface area contributed by atoms with Gasteiger partial charge in [-0.2, -0.15) is 0 Å². The molecule has 0 spiro atoms. The third kappa shape index (κ3) is 4.57. The van der Waals surface area contributed by atoms with Gasteiger partial charge in [0, 0.05) is 22.6 Å². The van der Waals surface area contributed by atoms with Crippen molar-refractivity contribution in [3.05, 3.63) is 58.2 Å². The van der Waals surface area contributed by atoms with Gasteiger partial charge in [-0.15, -0.1) is 18.3 Å². The lowest BCUT2D eigenvalue weighted by Gasteiger charge is -2.22. The van der Waals surface area contributed by atoms with Crippen LogP contribution in [0.15, 0.2) is 40.7 Å². The van der Waals surface area contributed by atoms with E-state index in [9.17, 15) is 9.18 Å². The predicted octanol–water partition coefficient (Wildman–Crippen LogP) is 6.65. The zero-order chi connectivity index (χ0) is 21.9. The molecule has 1 aromatic carbocycles. The smallest absolute Gasteiger partial charge is 0.256 e. The molecule has 162 valence electrons. The fourth-order valence-corrected chi connectivity index (χ4v) is 5.62. The fourth-order valence-electron chi connectivity index (χ4n) is 3.43. The number of nitrogens with one attached hydrogen (secondary N) is 2. The molecule has 7 heteroatoms. The van der Waals surface area contributed by atoms with E-state index < -0.39 is 0 Å². The van der Waals surface area contributed by atoms with Crippen LogP contribution in [-0.2, 0) is 6.54 Å². The predicted molar refractivity (Wildman–Crippen MR) is 130 cm³/mol. The van der Waals surface area contributed by atoms with Crippen LogP contribution in [0.2, 0.25) is 0 Å². The summed E-state index contributed by atoms with van der Waals surface area (Å²) in [6, 6.07) is 5.08. The average molecular weight is 448 g/mol. The second-order valence-electron chi connectivity index (χ2n) is 7.47. The largest absolute Gasteiger partial charge is 0.351 e. The molecule has 1 aliphatic heterocycles. The van der Waals surface area contributed by atoms with Gasteiger partial charge in [-0.1, -0.05) is 26.0 Å². The van der Waals surface area contributed by atoms with Crippen molar-refractivity contribution in [2.75, 3.05) is 15.8 Å². The number of pyridine rings is 1. The summed E-state index contributed by atoms with van der Waals surface area (Å²) in [6.07, 6.45) is 5.20. The summed E-state index contributed by atoms with van der Waals surface area (Å²) in [4.78, 5) is 12.8. The summed E-state index contributed by atoms with van der Waals surface area (Å²) in [5.41, 5.74) is 3.36. The molecule has 1 aliphatic carbocycles. The Hall–Kier alpha value is -1.86. The molecule has 2 aliphatic rings. The van der Waals surface area contributed by atoms with Crippen LogP contribution in [0, 0.1) is 19.7 Å². The Balaban J connectivity index is 0.00000124. The zero-order valence-electron chi connectivity index (χ0n) is 18.1. The lowest BCUT2D eigenvalue weighted by Crippen LogP contribution is -2.24. The molecule has 4 nitrogen and oxygen atoms in total. The summed E-state index contributed by atoms with van der Waals surface area (Å²) in [7, 11) is 0. The minimum absolute atomic E-state index is 0.0159. The van der Waals surface area contributed by atoms with Crippen LogP contribution in [0.1, 0.15) is 44.2 Å². The van der Waals surface area contributed by atoms with E-state index in [1.807, 2.05) is 37.5 Å². The average Bonchev–Trinajstić information content (AvgIpc) is 3.32. The van der Waals surface area contributed by atoms with Gasteiger partial charge < -0.3 is 14.6 Å². The summed E-state index contributed by atoms with van der Waals surface area (Å²) < 4.78 is 20.0. The van der Waals surface area contributed by atoms with Gasteiger partial charge in [0.05, 0.1) is 17.1 Å². The molecular weight excluding hydrogens is 417 g/mol. The molecule has 4 rings (SSSR count). The minimum Gasteiger partial charge on any atom is -0.351 e. The Labute approximate surface area is 186 Å². The Morgan fingerprint density at radius 1 is 1.30 bits per heavy atom. The van der Waals surface area contributed by atoms with E-state index in [1.165, 1.54) is 6.07 Å². The number of anilines is 3. The second kappa shape index (κ2) is 9.52. The molecule has 0 unspecified atom stereocenters. The molecule has 30 heavy (non-hydrogen) atoms. The van der Waals surface area contributed by atoms with E-state index in [0.717, 1.165) is 41.3 Å². The zero-order valence-corrected chi connectivity index (χ0v) is 19.7. The summed E-state index contributed by atoms with van der Waals surface area (Å²) in [6.45, 7) is 12.2. The fraction of sp³-hybridized carbons (Fsp3) is 0.435. The van der Waals surface area contributed by atoms with Gasteiger partial charge in [0.2, 0.25) is 0 Å². The molecule has 1 aromatic heterocycles. The van der Waals surface area contributed by atoms with Crippen molar-refractivity contribution in [1.82, 2.24) is 4.57 Å². The first-order valence-corrected chi connectivity index (χ1v) is 12.2. The number of halogens is 1. The maximum Gasteiger partial charge on any atom is 0.256 e. The van der Waals surface area contributed by atoms with E-state index in [-0.39, 0.29) is 16.1 Å². The molecule has 0 atom stereocenters. The molecule has 1 fully saturated rings.